The Morgan fingerprint density at radius 3 is 2.35 bits per heavy atom. The van der Waals surface area contributed by atoms with Crippen LogP contribution in [0.25, 0.3) is 32.2 Å². The van der Waals surface area contributed by atoms with Crippen molar-refractivity contribution in [2.75, 3.05) is 23.3 Å². The highest BCUT2D eigenvalue weighted by atomic mass is 32.1. The number of alkyl halides is 3. The fourth-order valence-corrected chi connectivity index (χ4v) is 7.86. The van der Waals surface area contributed by atoms with E-state index in [0.717, 1.165) is 12.1 Å². The Morgan fingerprint density at radius 2 is 1.73 bits per heavy atom. The monoisotopic (exact) mass is 710 g/mol. The molecule has 2 bridgehead atoms. The minimum Gasteiger partial charge on any atom is -0.465 e. The molecule has 4 aromatic rings. The SMILES string of the molecule is CC(C)(C)OC(=O)Nc1nc2c(-c3c(C(F)(F)F)cc4c(N5CC6CCC(C(C)(C)C)(C5)N6C(=O)O)nc(F)nc4c3F)ccc(F)c2s1. The first-order chi connectivity index (χ1) is 22.6. The van der Waals surface area contributed by atoms with E-state index in [1.807, 2.05) is 20.8 Å². The topological polar surface area (TPSA) is 121 Å². The molecule has 10 nitrogen and oxygen atoms in total. The molecule has 2 atom stereocenters. The van der Waals surface area contributed by atoms with Crippen LogP contribution in [0.4, 0.5) is 46.9 Å². The first-order valence-corrected chi connectivity index (χ1v) is 16.1. The fraction of sp³-hybridized carbons (Fsp3) is 0.469. The van der Waals surface area contributed by atoms with Crippen molar-refractivity contribution in [2.24, 2.45) is 5.41 Å². The second-order valence-corrected chi connectivity index (χ2v) is 15.2. The summed E-state index contributed by atoms with van der Waals surface area (Å²) in [6.07, 6.45) is -7.79. The number of ether oxygens (including phenoxy) is 1. The number of rotatable bonds is 3. The lowest BCUT2D eigenvalue weighted by Crippen LogP contribution is -2.68. The van der Waals surface area contributed by atoms with E-state index < -0.39 is 86.3 Å². The zero-order chi connectivity index (χ0) is 36.0. The number of piperazine rings is 1. The first kappa shape index (κ1) is 34.5. The standard InChI is InChI=1S/C32H32F6N6O4S/c1-29(2,3)31-10-9-14(44(31)28(46)47)12-43(13-31)24-16-11-17(32(36,37)38)19(20(34)21(16)39-25(35)41-24)15-7-8-18(33)23-22(15)40-26(49-23)42-27(45)48-30(4,5)6/h7-8,11,14H,9-10,12-13H2,1-6H3,(H,46,47)(H,40,42,45). The molecule has 17 heteroatoms. The molecule has 0 radical (unpaired) electrons. The number of carbonyl (C=O) groups excluding carboxylic acids is 1. The molecular weight excluding hydrogens is 678 g/mol. The molecule has 2 fully saturated rings. The van der Waals surface area contributed by atoms with Crippen molar-refractivity contribution in [3.05, 3.63) is 41.5 Å². The summed E-state index contributed by atoms with van der Waals surface area (Å²) >= 11 is 0.604. The summed E-state index contributed by atoms with van der Waals surface area (Å²) in [6.45, 7) is 10.3. The highest BCUT2D eigenvalue weighted by Crippen LogP contribution is 2.51. The van der Waals surface area contributed by atoms with Gasteiger partial charge in [-0.1, -0.05) is 32.1 Å². The van der Waals surface area contributed by atoms with E-state index in [1.165, 1.54) is 9.80 Å². The third-order valence-electron chi connectivity index (χ3n) is 9.06. The van der Waals surface area contributed by atoms with Gasteiger partial charge in [0.2, 0.25) is 0 Å². The van der Waals surface area contributed by atoms with Crippen LogP contribution in [0.2, 0.25) is 0 Å². The third-order valence-corrected chi connectivity index (χ3v) is 10.0. The molecule has 6 rings (SSSR count). The Morgan fingerprint density at radius 1 is 1.04 bits per heavy atom. The molecule has 2 aromatic carbocycles. The molecule has 0 aliphatic carbocycles. The molecule has 4 heterocycles. The van der Waals surface area contributed by atoms with E-state index >= 15 is 8.78 Å². The predicted molar refractivity (Wildman–Crippen MR) is 170 cm³/mol. The smallest absolute Gasteiger partial charge is 0.417 e. The number of anilines is 2. The summed E-state index contributed by atoms with van der Waals surface area (Å²) in [5, 5.41) is 11.8. The molecule has 2 aliphatic heterocycles. The maximum Gasteiger partial charge on any atom is 0.417 e. The van der Waals surface area contributed by atoms with Gasteiger partial charge in [-0.15, -0.1) is 0 Å². The molecule has 49 heavy (non-hydrogen) atoms. The van der Waals surface area contributed by atoms with Gasteiger partial charge in [-0.05, 0) is 57.2 Å². The van der Waals surface area contributed by atoms with Gasteiger partial charge in [-0.2, -0.15) is 27.5 Å². The number of nitrogens with one attached hydrogen (secondary N) is 1. The predicted octanol–water partition coefficient (Wildman–Crippen LogP) is 8.44. The van der Waals surface area contributed by atoms with Gasteiger partial charge < -0.3 is 14.7 Å². The molecule has 2 unspecified atom stereocenters. The molecule has 2 aromatic heterocycles. The van der Waals surface area contributed by atoms with Crippen molar-refractivity contribution in [2.45, 2.75) is 77.7 Å². The largest absolute Gasteiger partial charge is 0.465 e. The lowest BCUT2D eigenvalue weighted by atomic mass is 9.71. The Labute approximate surface area is 280 Å². The molecule has 0 spiro atoms. The van der Waals surface area contributed by atoms with Crippen LogP contribution < -0.4 is 10.2 Å². The Balaban J connectivity index is 1.54. The molecule has 0 saturated carbocycles. The molecule has 2 saturated heterocycles. The van der Waals surface area contributed by atoms with Crippen molar-refractivity contribution >= 4 is 55.6 Å². The van der Waals surface area contributed by atoms with Crippen LogP contribution in [0.1, 0.15) is 59.9 Å². The van der Waals surface area contributed by atoms with Gasteiger partial charge in [-0.25, -0.2) is 23.4 Å². The summed E-state index contributed by atoms with van der Waals surface area (Å²) in [6, 6.07) is 1.80. The molecule has 262 valence electrons. The van der Waals surface area contributed by atoms with E-state index in [2.05, 4.69) is 20.3 Å². The normalized spacial score (nSPS) is 20.0. The number of aromatic nitrogens is 3. The number of amides is 2. The summed E-state index contributed by atoms with van der Waals surface area (Å²) in [4.78, 5) is 39.1. The van der Waals surface area contributed by atoms with Crippen LogP contribution in [-0.4, -0.2) is 67.4 Å². The van der Waals surface area contributed by atoms with Gasteiger partial charge in [0.05, 0.1) is 27.4 Å². The second-order valence-electron chi connectivity index (χ2n) is 14.2. The van der Waals surface area contributed by atoms with Crippen molar-refractivity contribution in [3.8, 4) is 11.1 Å². The Bertz CT molecular complexity index is 2020. The molecule has 2 N–H and O–H groups in total. The quantitative estimate of drug-likeness (QED) is 0.161. The van der Waals surface area contributed by atoms with E-state index in [4.69, 9.17) is 4.74 Å². The maximum atomic E-state index is 16.6. The van der Waals surface area contributed by atoms with Gasteiger partial charge in [0.25, 0.3) is 0 Å². The van der Waals surface area contributed by atoms with Crippen molar-refractivity contribution in [3.63, 3.8) is 0 Å². The zero-order valence-electron chi connectivity index (χ0n) is 27.2. The van der Waals surface area contributed by atoms with E-state index in [0.29, 0.717) is 30.2 Å². The van der Waals surface area contributed by atoms with E-state index in [9.17, 15) is 32.3 Å². The number of hydrogen-bond acceptors (Lipinski definition) is 8. The molecular formula is C32H32F6N6O4S. The first-order valence-electron chi connectivity index (χ1n) is 15.2. The highest BCUT2D eigenvalue weighted by molar-refractivity contribution is 7.22. The van der Waals surface area contributed by atoms with Crippen molar-refractivity contribution < 1.29 is 45.8 Å². The Kier molecular flexibility index (Phi) is 7.96. The molecule has 2 amide bonds. The van der Waals surface area contributed by atoms with Gasteiger partial charge in [0, 0.05) is 29.6 Å². The zero-order valence-corrected chi connectivity index (χ0v) is 28.0. The van der Waals surface area contributed by atoms with Gasteiger partial charge in [-0.3, -0.25) is 10.2 Å². The number of halogens is 6. The third kappa shape index (κ3) is 5.84. The number of nitrogens with zero attached hydrogens (tertiary/aromatic N) is 5. The van der Waals surface area contributed by atoms with E-state index in [1.54, 1.807) is 20.8 Å². The van der Waals surface area contributed by atoms with E-state index in [-0.39, 0.29) is 34.3 Å². The number of hydrogen-bond donors (Lipinski definition) is 2. The number of carbonyl (C=O) groups is 2. The minimum atomic E-state index is -5.18. The van der Waals surface area contributed by atoms with Gasteiger partial charge in [0.15, 0.2) is 10.9 Å². The van der Waals surface area contributed by atoms with Crippen LogP contribution in [0, 0.1) is 23.1 Å². The van der Waals surface area contributed by atoms with Crippen molar-refractivity contribution in [1.29, 1.82) is 0 Å². The Hall–Kier alpha value is -4.41. The van der Waals surface area contributed by atoms with Crippen LogP contribution >= 0.6 is 11.3 Å². The minimum absolute atomic E-state index is 0.0226. The number of benzene rings is 2. The van der Waals surface area contributed by atoms with Crippen LogP contribution in [0.5, 0.6) is 0 Å². The number of thiazole rings is 1. The summed E-state index contributed by atoms with van der Waals surface area (Å²) in [5.41, 5.74) is -6.70. The van der Waals surface area contributed by atoms with Crippen LogP contribution in [0.15, 0.2) is 18.2 Å². The average Bonchev–Trinajstić information content (AvgIpc) is 3.49. The lowest BCUT2D eigenvalue weighted by Gasteiger charge is -2.54. The van der Waals surface area contributed by atoms with Gasteiger partial charge >= 0.3 is 24.4 Å². The summed E-state index contributed by atoms with van der Waals surface area (Å²) < 4.78 is 96.2. The lowest BCUT2D eigenvalue weighted by molar-refractivity contribution is -0.137. The summed E-state index contributed by atoms with van der Waals surface area (Å²) in [7, 11) is 0. The summed E-state index contributed by atoms with van der Waals surface area (Å²) in [5.74, 6) is -2.75. The van der Waals surface area contributed by atoms with Crippen LogP contribution in [0.3, 0.4) is 0 Å². The number of carboxylic acid groups (broad SMARTS) is 1. The fourth-order valence-electron chi connectivity index (χ4n) is 6.98. The highest BCUT2D eigenvalue weighted by Gasteiger charge is 2.59. The van der Waals surface area contributed by atoms with Crippen LogP contribution in [-0.2, 0) is 10.9 Å². The van der Waals surface area contributed by atoms with Crippen molar-refractivity contribution in [1.82, 2.24) is 19.9 Å². The molecule has 2 aliphatic rings. The van der Waals surface area contributed by atoms with Gasteiger partial charge in [0.1, 0.15) is 22.8 Å². The number of fused-ring (bicyclic) bond motifs is 4. The average molecular weight is 711 g/mol. The second kappa shape index (κ2) is 11.3. The maximum absolute atomic E-state index is 16.6.